The summed E-state index contributed by atoms with van der Waals surface area (Å²) in [5.41, 5.74) is 3.30. The minimum atomic E-state index is -0.426. The van der Waals surface area contributed by atoms with Gasteiger partial charge in [0.05, 0.1) is 31.2 Å². The van der Waals surface area contributed by atoms with Crippen LogP contribution in [0.4, 0.5) is 11.4 Å². The molecule has 0 bridgehead atoms. The fraction of sp³-hybridized carbons (Fsp3) is 0.120. The van der Waals surface area contributed by atoms with Crippen LogP contribution < -0.4 is 19.7 Å². The summed E-state index contributed by atoms with van der Waals surface area (Å²) in [4.78, 5) is 28.0. The smallest absolute Gasteiger partial charge is 0.282 e. The largest absolute Gasteiger partial charge is 0.497 e. The number of amides is 2. The molecule has 1 N–H and O–H groups in total. The van der Waals surface area contributed by atoms with Crippen LogP contribution in [-0.4, -0.2) is 26.0 Å². The van der Waals surface area contributed by atoms with Crippen molar-refractivity contribution < 1.29 is 19.1 Å². The van der Waals surface area contributed by atoms with Gasteiger partial charge >= 0.3 is 0 Å². The van der Waals surface area contributed by atoms with E-state index in [-0.39, 0.29) is 11.6 Å². The van der Waals surface area contributed by atoms with Crippen LogP contribution in [0.3, 0.4) is 0 Å². The molecule has 4 rings (SSSR count). The van der Waals surface area contributed by atoms with Gasteiger partial charge in [-0.2, -0.15) is 0 Å². The highest BCUT2D eigenvalue weighted by atomic mass is 16.5. The topological polar surface area (TPSA) is 67.9 Å². The third kappa shape index (κ3) is 3.75. The van der Waals surface area contributed by atoms with Gasteiger partial charge in [-0.15, -0.1) is 0 Å². The highest BCUT2D eigenvalue weighted by molar-refractivity contribution is 6.46. The number of para-hydroxylation sites is 1. The van der Waals surface area contributed by atoms with Crippen molar-refractivity contribution in [3.63, 3.8) is 0 Å². The fourth-order valence-corrected chi connectivity index (χ4v) is 3.48. The Hall–Kier alpha value is -4.06. The normalized spacial score (nSPS) is 13.6. The number of hydrogen-bond acceptors (Lipinski definition) is 5. The van der Waals surface area contributed by atoms with E-state index in [4.69, 9.17) is 9.47 Å². The van der Waals surface area contributed by atoms with E-state index < -0.39 is 5.91 Å². The maximum absolute atomic E-state index is 13.4. The number of rotatable bonds is 6. The van der Waals surface area contributed by atoms with E-state index in [0.29, 0.717) is 34.0 Å². The molecule has 1 aliphatic heterocycles. The molecule has 0 saturated heterocycles. The molecule has 0 fully saturated rings. The summed E-state index contributed by atoms with van der Waals surface area (Å²) in [6.45, 7) is 1.97. The number of imide groups is 1. The first-order valence-electron chi connectivity index (χ1n) is 9.77. The van der Waals surface area contributed by atoms with Crippen LogP contribution >= 0.6 is 0 Å². The SMILES string of the molecule is COc1ccc(NC2=C(c3ccc(C)cc3)C(=O)N(c3ccccc3)C2=O)c(OC)c1. The molecule has 0 aliphatic carbocycles. The lowest BCUT2D eigenvalue weighted by molar-refractivity contribution is -0.120. The summed E-state index contributed by atoms with van der Waals surface area (Å²) in [5.74, 6) is 0.308. The van der Waals surface area contributed by atoms with Crippen LogP contribution in [0.1, 0.15) is 11.1 Å². The molecule has 3 aromatic carbocycles. The number of carbonyl (C=O) groups excluding carboxylic acids is 2. The predicted octanol–water partition coefficient (Wildman–Crippen LogP) is 4.41. The molecule has 6 nitrogen and oxygen atoms in total. The van der Waals surface area contributed by atoms with Crippen LogP contribution in [0.25, 0.3) is 5.57 Å². The van der Waals surface area contributed by atoms with Gasteiger partial charge in [-0.3, -0.25) is 9.59 Å². The van der Waals surface area contributed by atoms with Gasteiger partial charge in [0.1, 0.15) is 17.2 Å². The number of ether oxygens (including phenoxy) is 2. The molecule has 0 aromatic heterocycles. The lowest BCUT2D eigenvalue weighted by atomic mass is 10.0. The first-order valence-corrected chi connectivity index (χ1v) is 9.77. The predicted molar refractivity (Wildman–Crippen MR) is 120 cm³/mol. The Morgan fingerprint density at radius 2 is 1.52 bits per heavy atom. The molecule has 31 heavy (non-hydrogen) atoms. The van der Waals surface area contributed by atoms with Crippen molar-refractivity contribution >= 4 is 28.8 Å². The zero-order chi connectivity index (χ0) is 22.0. The second-order valence-electron chi connectivity index (χ2n) is 7.09. The number of benzene rings is 3. The van der Waals surface area contributed by atoms with E-state index in [1.807, 2.05) is 37.3 Å². The van der Waals surface area contributed by atoms with Gasteiger partial charge in [0.15, 0.2) is 0 Å². The standard InChI is InChI=1S/C25H22N2O4/c1-16-9-11-17(12-10-16)22-23(26-20-14-13-19(30-2)15-21(20)31-3)25(29)27(24(22)28)18-7-5-4-6-8-18/h4-15,26H,1-3H3. The summed E-state index contributed by atoms with van der Waals surface area (Å²) < 4.78 is 10.7. The van der Waals surface area contributed by atoms with E-state index in [2.05, 4.69) is 5.32 Å². The maximum atomic E-state index is 13.4. The first kappa shape index (κ1) is 20.2. The molecule has 156 valence electrons. The summed E-state index contributed by atoms with van der Waals surface area (Å²) in [7, 11) is 3.10. The van der Waals surface area contributed by atoms with Crippen molar-refractivity contribution in [2.75, 3.05) is 24.4 Å². The highest BCUT2D eigenvalue weighted by Gasteiger charge is 2.40. The van der Waals surface area contributed by atoms with E-state index in [9.17, 15) is 9.59 Å². The molecule has 0 saturated carbocycles. The third-order valence-electron chi connectivity index (χ3n) is 5.11. The second kappa shape index (κ2) is 8.36. The minimum Gasteiger partial charge on any atom is -0.497 e. The summed E-state index contributed by atoms with van der Waals surface area (Å²) in [6, 6.07) is 21.6. The fourth-order valence-electron chi connectivity index (χ4n) is 3.48. The zero-order valence-corrected chi connectivity index (χ0v) is 17.5. The summed E-state index contributed by atoms with van der Waals surface area (Å²) in [5, 5.41) is 3.14. The quantitative estimate of drug-likeness (QED) is 0.605. The van der Waals surface area contributed by atoms with Crippen LogP contribution in [0.15, 0.2) is 78.5 Å². The van der Waals surface area contributed by atoms with E-state index in [1.165, 1.54) is 12.0 Å². The van der Waals surface area contributed by atoms with Gasteiger partial charge in [0.2, 0.25) is 0 Å². The van der Waals surface area contributed by atoms with Crippen molar-refractivity contribution in [3.05, 3.63) is 89.6 Å². The van der Waals surface area contributed by atoms with Gasteiger partial charge in [-0.05, 0) is 36.8 Å². The van der Waals surface area contributed by atoms with Crippen molar-refractivity contribution in [2.45, 2.75) is 6.92 Å². The average Bonchev–Trinajstić information content (AvgIpc) is 3.04. The van der Waals surface area contributed by atoms with Gasteiger partial charge in [0.25, 0.3) is 11.8 Å². The Labute approximate surface area is 180 Å². The molecular formula is C25H22N2O4. The number of carbonyl (C=O) groups is 2. The molecule has 3 aromatic rings. The maximum Gasteiger partial charge on any atom is 0.282 e. The van der Waals surface area contributed by atoms with E-state index in [0.717, 1.165) is 5.56 Å². The first-order chi connectivity index (χ1) is 15.0. The monoisotopic (exact) mass is 414 g/mol. The number of nitrogens with zero attached hydrogens (tertiary/aromatic N) is 1. The molecule has 0 atom stereocenters. The molecule has 1 heterocycles. The third-order valence-corrected chi connectivity index (χ3v) is 5.11. The van der Waals surface area contributed by atoms with E-state index in [1.54, 1.807) is 49.6 Å². The number of nitrogens with one attached hydrogen (secondary N) is 1. The molecular weight excluding hydrogens is 392 g/mol. The van der Waals surface area contributed by atoms with Gasteiger partial charge in [-0.1, -0.05) is 48.0 Å². The number of anilines is 2. The van der Waals surface area contributed by atoms with Gasteiger partial charge in [-0.25, -0.2) is 4.90 Å². The molecule has 0 unspecified atom stereocenters. The molecule has 0 radical (unpaired) electrons. The van der Waals surface area contributed by atoms with Crippen LogP contribution in [0.5, 0.6) is 11.5 Å². The summed E-state index contributed by atoms with van der Waals surface area (Å²) >= 11 is 0. The summed E-state index contributed by atoms with van der Waals surface area (Å²) in [6.07, 6.45) is 0. The molecule has 6 heteroatoms. The van der Waals surface area contributed by atoms with Crippen molar-refractivity contribution in [1.29, 1.82) is 0 Å². The lowest BCUT2D eigenvalue weighted by Crippen LogP contribution is -2.32. The van der Waals surface area contributed by atoms with Gasteiger partial charge < -0.3 is 14.8 Å². The number of aryl methyl sites for hydroxylation is 1. The van der Waals surface area contributed by atoms with Crippen LogP contribution in [0, 0.1) is 6.92 Å². The minimum absolute atomic E-state index is 0.196. The van der Waals surface area contributed by atoms with Crippen LogP contribution in [-0.2, 0) is 9.59 Å². The average molecular weight is 414 g/mol. The molecule has 2 amide bonds. The highest BCUT2D eigenvalue weighted by Crippen LogP contribution is 2.36. The number of methoxy groups -OCH3 is 2. The Morgan fingerprint density at radius 3 is 2.16 bits per heavy atom. The van der Waals surface area contributed by atoms with E-state index >= 15 is 0 Å². The zero-order valence-electron chi connectivity index (χ0n) is 17.5. The Balaban J connectivity index is 1.83. The van der Waals surface area contributed by atoms with Crippen molar-refractivity contribution in [1.82, 2.24) is 0 Å². The number of hydrogen-bond donors (Lipinski definition) is 1. The van der Waals surface area contributed by atoms with Crippen LogP contribution in [0.2, 0.25) is 0 Å². The Bertz CT molecular complexity index is 1170. The van der Waals surface area contributed by atoms with Crippen molar-refractivity contribution in [2.24, 2.45) is 0 Å². The van der Waals surface area contributed by atoms with Crippen molar-refractivity contribution in [3.8, 4) is 11.5 Å². The molecule has 0 spiro atoms. The molecule has 1 aliphatic rings. The Morgan fingerprint density at radius 1 is 0.806 bits per heavy atom. The Kier molecular flexibility index (Phi) is 5.45. The van der Waals surface area contributed by atoms with Gasteiger partial charge in [0, 0.05) is 6.07 Å². The second-order valence-corrected chi connectivity index (χ2v) is 7.09. The lowest BCUT2D eigenvalue weighted by Gasteiger charge is -2.16.